The van der Waals surface area contributed by atoms with Crippen molar-refractivity contribution in [2.24, 2.45) is 5.73 Å². The zero-order valence-electron chi connectivity index (χ0n) is 10.4. The van der Waals surface area contributed by atoms with Crippen LogP contribution in [0.5, 0.6) is 0 Å². The molecule has 0 radical (unpaired) electrons. The van der Waals surface area contributed by atoms with Gasteiger partial charge in [-0.15, -0.1) is 0 Å². The minimum Gasteiger partial charge on any atom is -0.326 e. The first-order chi connectivity index (χ1) is 9.52. The molecule has 0 aliphatic heterocycles. The smallest absolute Gasteiger partial charge is 0.131 e. The highest BCUT2D eigenvalue weighted by Crippen LogP contribution is 2.25. The third kappa shape index (κ3) is 3.38. The maximum absolute atomic E-state index is 14.0. The molecule has 0 spiro atoms. The summed E-state index contributed by atoms with van der Waals surface area (Å²) in [7, 11) is -1.40. The predicted octanol–water partition coefficient (Wildman–Crippen LogP) is 3.90. The Morgan fingerprint density at radius 3 is 2.45 bits per heavy atom. The van der Waals surface area contributed by atoms with Crippen LogP contribution in [0.1, 0.15) is 11.1 Å². The van der Waals surface area contributed by atoms with Crippen LogP contribution >= 0.6 is 23.2 Å². The van der Waals surface area contributed by atoms with Gasteiger partial charge in [0.25, 0.3) is 0 Å². The monoisotopic (exact) mass is 331 g/mol. The van der Waals surface area contributed by atoms with Crippen LogP contribution in [0.2, 0.25) is 10.0 Å². The van der Waals surface area contributed by atoms with Crippen molar-refractivity contribution in [1.82, 2.24) is 0 Å². The van der Waals surface area contributed by atoms with Crippen LogP contribution in [0.25, 0.3) is 0 Å². The molecule has 2 aromatic carbocycles. The molecular formula is C14H12Cl2FNOS. The molecule has 2 aromatic rings. The molecular weight excluding hydrogens is 320 g/mol. The first kappa shape index (κ1) is 15.4. The predicted molar refractivity (Wildman–Crippen MR) is 80.9 cm³/mol. The standard InChI is InChI=1S/C14H12Cl2FNOS/c15-12-5-4-11(6-13(12)16)20(19)8-10-3-1-2-9(7-18)14(10)17/h1-6H,7-8,18H2. The van der Waals surface area contributed by atoms with Crippen LogP contribution < -0.4 is 5.73 Å². The van der Waals surface area contributed by atoms with Crippen molar-refractivity contribution in [3.05, 3.63) is 63.4 Å². The number of hydrogen-bond acceptors (Lipinski definition) is 2. The molecule has 0 saturated heterocycles. The molecule has 0 bridgehead atoms. The fraction of sp³-hybridized carbons (Fsp3) is 0.143. The van der Waals surface area contributed by atoms with Gasteiger partial charge in [0.05, 0.1) is 26.6 Å². The third-order valence-electron chi connectivity index (χ3n) is 2.82. The fourth-order valence-electron chi connectivity index (χ4n) is 1.75. The number of nitrogens with two attached hydrogens (primary N) is 1. The van der Waals surface area contributed by atoms with Gasteiger partial charge in [-0.25, -0.2) is 4.39 Å². The van der Waals surface area contributed by atoms with Crippen molar-refractivity contribution in [3.8, 4) is 0 Å². The van der Waals surface area contributed by atoms with Gasteiger partial charge in [-0.1, -0.05) is 41.4 Å². The molecule has 0 aliphatic rings. The molecule has 106 valence electrons. The van der Waals surface area contributed by atoms with Crippen LogP contribution in [0.3, 0.4) is 0 Å². The van der Waals surface area contributed by atoms with E-state index < -0.39 is 16.6 Å². The van der Waals surface area contributed by atoms with Gasteiger partial charge in [0, 0.05) is 22.6 Å². The van der Waals surface area contributed by atoms with Crippen LogP contribution in [-0.4, -0.2) is 4.21 Å². The number of hydrogen-bond donors (Lipinski definition) is 1. The molecule has 2 rings (SSSR count). The number of rotatable bonds is 4. The molecule has 2 nitrogen and oxygen atoms in total. The zero-order chi connectivity index (χ0) is 14.7. The molecule has 6 heteroatoms. The van der Waals surface area contributed by atoms with Crippen LogP contribution in [-0.2, 0) is 23.1 Å². The Hall–Kier alpha value is -0.940. The molecule has 0 aliphatic carbocycles. The van der Waals surface area contributed by atoms with Gasteiger partial charge in [-0.2, -0.15) is 0 Å². The van der Waals surface area contributed by atoms with Crippen LogP contribution in [0, 0.1) is 5.82 Å². The Morgan fingerprint density at radius 2 is 1.80 bits per heavy atom. The van der Waals surface area contributed by atoms with Gasteiger partial charge in [-0.3, -0.25) is 4.21 Å². The number of halogens is 3. The lowest BCUT2D eigenvalue weighted by Crippen LogP contribution is -2.05. The first-order valence-corrected chi connectivity index (χ1v) is 7.90. The lowest BCUT2D eigenvalue weighted by atomic mass is 10.1. The van der Waals surface area contributed by atoms with Gasteiger partial charge in [0.15, 0.2) is 0 Å². The number of benzene rings is 2. The maximum atomic E-state index is 14.0. The Balaban J connectivity index is 2.25. The van der Waals surface area contributed by atoms with E-state index in [-0.39, 0.29) is 12.3 Å². The molecule has 1 atom stereocenters. The van der Waals surface area contributed by atoms with Crippen molar-refractivity contribution in [2.75, 3.05) is 0 Å². The summed E-state index contributed by atoms with van der Waals surface area (Å²) in [6, 6.07) is 9.64. The Morgan fingerprint density at radius 1 is 1.10 bits per heavy atom. The topological polar surface area (TPSA) is 43.1 Å². The molecule has 0 aromatic heterocycles. The second-order valence-electron chi connectivity index (χ2n) is 4.16. The van der Waals surface area contributed by atoms with Gasteiger partial charge in [0.2, 0.25) is 0 Å². The molecule has 20 heavy (non-hydrogen) atoms. The minimum absolute atomic E-state index is 0.0671. The first-order valence-electron chi connectivity index (χ1n) is 5.82. The summed E-state index contributed by atoms with van der Waals surface area (Å²) in [6.07, 6.45) is 0. The Kier molecular flexibility index (Phi) is 5.16. The Labute approximate surface area is 129 Å². The lowest BCUT2D eigenvalue weighted by Gasteiger charge is -2.07. The average Bonchev–Trinajstić information content (AvgIpc) is 2.44. The summed E-state index contributed by atoms with van der Waals surface area (Å²) in [5.74, 6) is -0.333. The van der Waals surface area contributed by atoms with E-state index in [0.29, 0.717) is 26.1 Å². The largest absolute Gasteiger partial charge is 0.326 e. The minimum atomic E-state index is -1.40. The quantitative estimate of drug-likeness (QED) is 0.923. The van der Waals surface area contributed by atoms with Crippen molar-refractivity contribution < 1.29 is 8.60 Å². The summed E-state index contributed by atoms with van der Waals surface area (Å²) in [5.41, 5.74) is 6.23. The van der Waals surface area contributed by atoms with Crippen LogP contribution in [0.15, 0.2) is 41.3 Å². The Bertz CT molecular complexity index is 664. The summed E-state index contributed by atoms with van der Waals surface area (Å²) in [4.78, 5) is 0.511. The molecule has 0 amide bonds. The highest BCUT2D eigenvalue weighted by Gasteiger charge is 2.12. The van der Waals surface area contributed by atoms with E-state index in [1.807, 2.05) is 0 Å². The van der Waals surface area contributed by atoms with E-state index >= 15 is 0 Å². The van der Waals surface area contributed by atoms with Crippen molar-refractivity contribution in [1.29, 1.82) is 0 Å². The summed E-state index contributed by atoms with van der Waals surface area (Å²) < 4.78 is 26.3. The van der Waals surface area contributed by atoms with Gasteiger partial charge in [-0.05, 0) is 18.2 Å². The van der Waals surface area contributed by atoms with Crippen molar-refractivity contribution in [2.45, 2.75) is 17.2 Å². The summed E-state index contributed by atoms with van der Waals surface area (Å²) >= 11 is 11.7. The molecule has 0 heterocycles. The average molecular weight is 332 g/mol. The van der Waals surface area contributed by atoms with Gasteiger partial charge in [0.1, 0.15) is 5.82 Å². The van der Waals surface area contributed by atoms with Crippen LogP contribution in [0.4, 0.5) is 4.39 Å². The van der Waals surface area contributed by atoms with Gasteiger partial charge >= 0.3 is 0 Å². The normalized spacial score (nSPS) is 12.4. The van der Waals surface area contributed by atoms with E-state index in [4.69, 9.17) is 28.9 Å². The van der Waals surface area contributed by atoms with E-state index in [2.05, 4.69) is 0 Å². The second-order valence-corrected chi connectivity index (χ2v) is 6.43. The lowest BCUT2D eigenvalue weighted by molar-refractivity contribution is 0.598. The molecule has 1 unspecified atom stereocenters. The third-order valence-corrected chi connectivity index (χ3v) is 4.91. The second kappa shape index (κ2) is 6.68. The van der Waals surface area contributed by atoms with E-state index in [0.717, 1.165) is 0 Å². The molecule has 2 N–H and O–H groups in total. The van der Waals surface area contributed by atoms with E-state index in [1.165, 1.54) is 6.07 Å². The zero-order valence-corrected chi connectivity index (χ0v) is 12.7. The fourth-order valence-corrected chi connectivity index (χ4v) is 3.25. The highest BCUT2D eigenvalue weighted by atomic mass is 35.5. The highest BCUT2D eigenvalue weighted by molar-refractivity contribution is 7.84. The summed E-state index contributed by atoms with van der Waals surface area (Å²) in [5, 5.41) is 0.720. The van der Waals surface area contributed by atoms with E-state index in [9.17, 15) is 8.60 Å². The summed E-state index contributed by atoms with van der Waals surface area (Å²) in [6.45, 7) is 0.110. The maximum Gasteiger partial charge on any atom is 0.131 e. The SMILES string of the molecule is NCc1cccc(CS(=O)c2ccc(Cl)c(Cl)c2)c1F. The van der Waals surface area contributed by atoms with Gasteiger partial charge < -0.3 is 5.73 Å². The van der Waals surface area contributed by atoms with Crippen molar-refractivity contribution in [3.63, 3.8) is 0 Å². The van der Waals surface area contributed by atoms with Crippen molar-refractivity contribution >= 4 is 34.0 Å². The van der Waals surface area contributed by atoms with E-state index in [1.54, 1.807) is 30.3 Å². The molecule has 0 saturated carbocycles. The molecule has 0 fully saturated rings.